The fraction of sp³-hybridized carbons (Fsp3) is 0.471. The Hall–Kier alpha value is -5.01. The predicted octanol–water partition coefficient (Wildman–Crippen LogP) is 3.51. The zero-order valence-electron chi connectivity index (χ0n) is 27.4. The molecule has 48 heavy (non-hydrogen) atoms. The van der Waals surface area contributed by atoms with Crippen molar-refractivity contribution in [2.75, 3.05) is 26.7 Å². The largest absolute Gasteiger partial charge is 0.493 e. The molecule has 3 aliphatic heterocycles. The van der Waals surface area contributed by atoms with E-state index in [1.165, 1.54) is 25.3 Å². The first-order valence-electron chi connectivity index (χ1n) is 16.5. The van der Waals surface area contributed by atoms with Crippen molar-refractivity contribution in [3.63, 3.8) is 0 Å². The first-order valence-corrected chi connectivity index (χ1v) is 16.5. The average molecular weight is 664 g/mol. The molecular weight excluding hydrogens is 621 g/mol. The van der Waals surface area contributed by atoms with Gasteiger partial charge in [0, 0.05) is 51.1 Å². The molecule has 4 bridgehead atoms. The second-order valence-electron chi connectivity index (χ2n) is 11.9. The molecule has 13 nitrogen and oxygen atoms in total. The molecule has 256 valence electrons. The van der Waals surface area contributed by atoms with E-state index in [2.05, 4.69) is 26.1 Å². The molecule has 1 atom stereocenters. The third-order valence-corrected chi connectivity index (χ3v) is 8.48. The van der Waals surface area contributed by atoms with Crippen LogP contribution in [0.25, 0.3) is 0 Å². The maximum Gasteiger partial charge on any atom is 0.291 e. The van der Waals surface area contributed by atoms with E-state index < -0.39 is 17.8 Å². The van der Waals surface area contributed by atoms with Crippen molar-refractivity contribution < 1.29 is 33.0 Å². The summed E-state index contributed by atoms with van der Waals surface area (Å²) in [5.41, 5.74) is 0.765. The number of carbonyl (C=O) groups excluding carboxylic acids is 4. The number of nitrogens with zero attached hydrogens (tertiary/aromatic N) is 4. The monoisotopic (exact) mass is 663 g/mol. The molecule has 0 fully saturated rings. The van der Waals surface area contributed by atoms with Crippen molar-refractivity contribution in [3.05, 3.63) is 65.0 Å². The number of ether oxygens (including phenoxy) is 2. The van der Waals surface area contributed by atoms with Gasteiger partial charge in [-0.3, -0.25) is 19.2 Å². The van der Waals surface area contributed by atoms with Crippen molar-refractivity contribution in [3.8, 4) is 17.2 Å². The maximum atomic E-state index is 15.1. The van der Waals surface area contributed by atoms with E-state index in [4.69, 9.17) is 9.47 Å². The number of halogens is 1. The van der Waals surface area contributed by atoms with Crippen molar-refractivity contribution in [2.24, 2.45) is 0 Å². The van der Waals surface area contributed by atoms with Gasteiger partial charge in [-0.25, -0.2) is 4.39 Å². The molecule has 0 radical (unpaired) electrons. The van der Waals surface area contributed by atoms with Gasteiger partial charge in [-0.05, 0) is 68.0 Å². The van der Waals surface area contributed by atoms with Crippen molar-refractivity contribution in [1.29, 1.82) is 0 Å². The molecule has 0 saturated carbocycles. The Bertz CT molecular complexity index is 1640. The van der Waals surface area contributed by atoms with Crippen LogP contribution in [0, 0.1) is 5.82 Å². The van der Waals surface area contributed by atoms with E-state index in [0.29, 0.717) is 43.7 Å². The number of rotatable bonds is 3. The number of amides is 4. The Kier molecular flexibility index (Phi) is 11.6. The van der Waals surface area contributed by atoms with Crippen LogP contribution in [0.15, 0.2) is 36.4 Å². The zero-order chi connectivity index (χ0) is 34.0. The highest BCUT2D eigenvalue weighted by atomic mass is 19.1. The van der Waals surface area contributed by atoms with Crippen LogP contribution in [0.2, 0.25) is 0 Å². The second kappa shape index (κ2) is 16.2. The van der Waals surface area contributed by atoms with E-state index in [1.54, 1.807) is 30.0 Å². The zero-order valence-corrected chi connectivity index (χ0v) is 27.4. The average Bonchev–Trinajstić information content (AvgIpc) is 3.34. The van der Waals surface area contributed by atoms with Gasteiger partial charge >= 0.3 is 0 Å². The molecule has 3 aromatic rings. The number of hydrogen-bond donors (Lipinski definition) is 3. The number of aryl methyl sites for hydroxylation is 1. The lowest BCUT2D eigenvalue weighted by Gasteiger charge is -2.23. The molecule has 0 aliphatic carbocycles. The highest BCUT2D eigenvalue weighted by Crippen LogP contribution is 2.34. The van der Waals surface area contributed by atoms with Gasteiger partial charge in [0.1, 0.15) is 11.9 Å². The molecule has 6 rings (SSSR count). The Labute approximate surface area is 278 Å². The molecule has 4 amide bonds. The second-order valence-corrected chi connectivity index (χ2v) is 11.9. The molecule has 4 heterocycles. The van der Waals surface area contributed by atoms with Crippen molar-refractivity contribution >= 4 is 23.6 Å². The summed E-state index contributed by atoms with van der Waals surface area (Å²) in [5, 5.41) is 16.9. The molecule has 3 aliphatic rings. The number of fused-ring (bicyclic) bond motifs is 17. The van der Waals surface area contributed by atoms with Gasteiger partial charge in [-0.1, -0.05) is 19.4 Å². The Morgan fingerprint density at radius 1 is 0.958 bits per heavy atom. The number of hydrogen-bond acceptors (Lipinski definition) is 8. The lowest BCUT2D eigenvalue weighted by Crippen LogP contribution is -2.46. The van der Waals surface area contributed by atoms with Crippen LogP contribution in [-0.2, 0) is 29.1 Å². The first kappa shape index (κ1) is 34.3. The van der Waals surface area contributed by atoms with E-state index >= 15 is 4.39 Å². The summed E-state index contributed by atoms with van der Waals surface area (Å²) in [6, 6.07) is 8.12. The van der Waals surface area contributed by atoms with Crippen LogP contribution >= 0.6 is 0 Å². The Morgan fingerprint density at radius 3 is 2.58 bits per heavy atom. The number of benzene rings is 2. The lowest BCUT2D eigenvalue weighted by molar-refractivity contribution is -0.129. The van der Waals surface area contributed by atoms with Crippen LogP contribution in [-0.4, -0.2) is 76.1 Å². The number of methoxy groups -OCH3 is 1. The van der Waals surface area contributed by atoms with E-state index in [1.807, 2.05) is 4.57 Å². The standard InChI is InChI=1S/C34H42FN7O6/c1-3-25-33(45)37-21-22-11-13-26(24(35)19-22)48-28-20-23(12-14-27(28)47-2)32(44)36-15-8-17-41(16-7-10-30(43)38-25)34(46)31-40-39-29-9-5-4-6-18-42(29)31/h11-14,19-20,25H,3-10,15-18,21H2,1-2H3,(H,36,44)(H,37,45)(H,38,43)/t25-/m0/s1. The van der Waals surface area contributed by atoms with Crippen molar-refractivity contribution in [1.82, 2.24) is 35.6 Å². The minimum absolute atomic E-state index is 0.0325. The molecule has 2 aromatic carbocycles. The van der Waals surface area contributed by atoms with Gasteiger partial charge in [-0.15, -0.1) is 10.2 Å². The minimum Gasteiger partial charge on any atom is -0.493 e. The number of carbonyl (C=O) groups is 4. The summed E-state index contributed by atoms with van der Waals surface area (Å²) >= 11 is 0. The van der Waals surface area contributed by atoms with Gasteiger partial charge in [-0.2, -0.15) is 0 Å². The topological polar surface area (TPSA) is 157 Å². The van der Waals surface area contributed by atoms with E-state index in [0.717, 1.165) is 31.5 Å². The normalized spacial score (nSPS) is 18.4. The molecule has 14 heteroatoms. The van der Waals surface area contributed by atoms with E-state index in [-0.39, 0.29) is 66.7 Å². The van der Waals surface area contributed by atoms with Crippen LogP contribution in [0.5, 0.6) is 17.2 Å². The van der Waals surface area contributed by atoms with Crippen molar-refractivity contribution in [2.45, 2.75) is 77.4 Å². The first-order chi connectivity index (χ1) is 23.3. The van der Waals surface area contributed by atoms with Gasteiger partial charge in [0.2, 0.25) is 17.6 Å². The molecular formula is C34H42FN7O6. The third-order valence-electron chi connectivity index (χ3n) is 8.48. The summed E-state index contributed by atoms with van der Waals surface area (Å²) < 4.78 is 28.2. The van der Waals surface area contributed by atoms with Gasteiger partial charge < -0.3 is 34.9 Å². The number of nitrogens with one attached hydrogen (secondary N) is 3. The minimum atomic E-state index is -0.779. The SMILES string of the molecule is CC[C@@H]1NC(=O)CCCN(C(=O)c2nnc3n2CCCCC3)CCCNC(=O)c2ccc(OC)c(c2)Oc2ccc(cc2F)CNC1=O. The third kappa shape index (κ3) is 8.47. The Balaban J connectivity index is 1.37. The van der Waals surface area contributed by atoms with Gasteiger partial charge in [0.05, 0.1) is 7.11 Å². The summed E-state index contributed by atoms with van der Waals surface area (Å²) in [4.78, 5) is 54.3. The molecule has 1 aromatic heterocycles. The fourth-order valence-electron chi connectivity index (χ4n) is 5.79. The van der Waals surface area contributed by atoms with Crippen LogP contribution in [0.3, 0.4) is 0 Å². The molecule has 0 spiro atoms. The summed E-state index contributed by atoms with van der Waals surface area (Å²) in [5.74, 6) is -0.615. The van der Waals surface area contributed by atoms with Crippen LogP contribution < -0.4 is 25.4 Å². The number of aromatic nitrogens is 3. The maximum absolute atomic E-state index is 15.1. The van der Waals surface area contributed by atoms with E-state index in [9.17, 15) is 19.2 Å². The lowest BCUT2D eigenvalue weighted by atomic mass is 10.1. The molecule has 0 saturated heterocycles. The smallest absolute Gasteiger partial charge is 0.291 e. The fourth-order valence-corrected chi connectivity index (χ4v) is 5.79. The van der Waals surface area contributed by atoms with Gasteiger partial charge in [0.15, 0.2) is 23.1 Å². The molecule has 0 unspecified atom stereocenters. The van der Waals surface area contributed by atoms with Crippen LogP contribution in [0.1, 0.15) is 84.2 Å². The van der Waals surface area contributed by atoms with Gasteiger partial charge in [0.25, 0.3) is 11.8 Å². The van der Waals surface area contributed by atoms with Crippen LogP contribution in [0.4, 0.5) is 4.39 Å². The Morgan fingerprint density at radius 2 is 1.79 bits per heavy atom. The highest BCUT2D eigenvalue weighted by Gasteiger charge is 2.26. The predicted molar refractivity (Wildman–Crippen MR) is 173 cm³/mol. The summed E-state index contributed by atoms with van der Waals surface area (Å²) in [6.07, 6.45) is 4.97. The summed E-state index contributed by atoms with van der Waals surface area (Å²) in [6.45, 7) is 3.31. The molecule has 3 N–H and O–H groups in total. The summed E-state index contributed by atoms with van der Waals surface area (Å²) in [7, 11) is 1.44. The highest BCUT2D eigenvalue weighted by molar-refractivity contribution is 5.95. The quantitative estimate of drug-likeness (QED) is 0.385.